The van der Waals surface area contributed by atoms with E-state index in [4.69, 9.17) is 14.2 Å². The Morgan fingerprint density at radius 1 is 0.333 bits per heavy atom. The lowest BCUT2D eigenvalue weighted by Crippen LogP contribution is -2.30. The van der Waals surface area contributed by atoms with Crippen LogP contribution in [0.1, 0.15) is 234 Å². The lowest BCUT2D eigenvalue weighted by molar-refractivity contribution is -0.167. The van der Waals surface area contributed by atoms with Gasteiger partial charge in [0.15, 0.2) is 6.10 Å². The summed E-state index contributed by atoms with van der Waals surface area (Å²) in [6, 6.07) is 0. The highest BCUT2D eigenvalue weighted by molar-refractivity contribution is 5.71. The van der Waals surface area contributed by atoms with Gasteiger partial charge in [0.1, 0.15) is 13.2 Å². The molecule has 0 saturated heterocycles. The topological polar surface area (TPSA) is 78.9 Å². The lowest BCUT2D eigenvalue weighted by Gasteiger charge is -2.18. The summed E-state index contributed by atoms with van der Waals surface area (Å²) < 4.78 is 16.7. The Labute approximate surface area is 317 Å². The van der Waals surface area contributed by atoms with Crippen molar-refractivity contribution in [3.05, 3.63) is 0 Å². The van der Waals surface area contributed by atoms with Crippen LogP contribution in [-0.4, -0.2) is 37.2 Å². The van der Waals surface area contributed by atoms with Crippen molar-refractivity contribution in [3.63, 3.8) is 0 Å². The van der Waals surface area contributed by atoms with Gasteiger partial charge in [0.25, 0.3) is 0 Å². The van der Waals surface area contributed by atoms with Crippen LogP contribution < -0.4 is 0 Å². The van der Waals surface area contributed by atoms with Crippen LogP contribution in [0.3, 0.4) is 0 Å². The van der Waals surface area contributed by atoms with E-state index in [-0.39, 0.29) is 31.1 Å². The molecule has 0 spiro atoms. The molecule has 0 rings (SSSR count). The van der Waals surface area contributed by atoms with Gasteiger partial charge in [0, 0.05) is 19.3 Å². The number of unbranched alkanes of at least 4 members (excludes halogenated alkanes) is 21. The SMILES string of the molecule is CC(C)CCCCCCCCCCCC(=O)O[C@@H](COC(=O)CCCCCCCCCCC(C)C)COC(=O)CCCCCCCCCC(C)C. The second kappa shape index (κ2) is 36.8. The summed E-state index contributed by atoms with van der Waals surface area (Å²) in [6.07, 6.45) is 32.4. The largest absolute Gasteiger partial charge is 0.462 e. The van der Waals surface area contributed by atoms with Gasteiger partial charge in [-0.1, -0.05) is 196 Å². The molecule has 0 aromatic heterocycles. The lowest BCUT2D eigenvalue weighted by atomic mass is 10.0. The third kappa shape index (κ3) is 39.5. The first kappa shape index (κ1) is 49.4. The molecular formula is C45H86O6. The van der Waals surface area contributed by atoms with Crippen LogP contribution in [0.25, 0.3) is 0 Å². The molecule has 0 radical (unpaired) electrons. The predicted molar refractivity (Wildman–Crippen MR) is 215 cm³/mol. The van der Waals surface area contributed by atoms with E-state index in [1.54, 1.807) is 0 Å². The summed E-state index contributed by atoms with van der Waals surface area (Å²) in [4.78, 5) is 37.6. The zero-order valence-corrected chi connectivity index (χ0v) is 34.9. The Morgan fingerprint density at radius 2 is 0.569 bits per heavy atom. The molecule has 0 fully saturated rings. The number of ether oxygens (including phenoxy) is 3. The molecule has 0 aromatic carbocycles. The molecule has 0 aromatic rings. The Balaban J connectivity index is 4.36. The minimum atomic E-state index is -0.761. The van der Waals surface area contributed by atoms with Gasteiger partial charge in [-0.2, -0.15) is 0 Å². The number of hydrogen-bond acceptors (Lipinski definition) is 6. The smallest absolute Gasteiger partial charge is 0.306 e. The summed E-state index contributed by atoms with van der Waals surface area (Å²) in [7, 11) is 0. The number of esters is 3. The highest BCUT2D eigenvalue weighted by Crippen LogP contribution is 2.16. The molecule has 0 N–H and O–H groups in total. The fourth-order valence-corrected chi connectivity index (χ4v) is 6.52. The molecule has 0 saturated carbocycles. The fraction of sp³-hybridized carbons (Fsp3) is 0.933. The molecular weight excluding hydrogens is 636 g/mol. The summed E-state index contributed by atoms with van der Waals surface area (Å²) >= 11 is 0. The van der Waals surface area contributed by atoms with Crippen molar-refractivity contribution < 1.29 is 28.6 Å². The number of hydrogen-bond donors (Lipinski definition) is 0. The van der Waals surface area contributed by atoms with Crippen LogP contribution in [0, 0.1) is 17.8 Å². The van der Waals surface area contributed by atoms with Gasteiger partial charge in [-0.05, 0) is 37.0 Å². The van der Waals surface area contributed by atoms with Crippen LogP contribution in [0.4, 0.5) is 0 Å². The molecule has 0 unspecified atom stereocenters. The van der Waals surface area contributed by atoms with Crippen molar-refractivity contribution in [1.82, 2.24) is 0 Å². The van der Waals surface area contributed by atoms with E-state index >= 15 is 0 Å². The molecule has 6 heteroatoms. The van der Waals surface area contributed by atoms with E-state index in [1.165, 1.54) is 116 Å². The Bertz CT molecular complexity index is 792. The summed E-state index contributed by atoms with van der Waals surface area (Å²) in [5, 5.41) is 0. The van der Waals surface area contributed by atoms with Crippen molar-refractivity contribution in [2.24, 2.45) is 17.8 Å². The van der Waals surface area contributed by atoms with E-state index in [9.17, 15) is 14.4 Å². The van der Waals surface area contributed by atoms with Gasteiger partial charge in [-0.3, -0.25) is 14.4 Å². The molecule has 0 aliphatic rings. The highest BCUT2D eigenvalue weighted by Gasteiger charge is 2.19. The van der Waals surface area contributed by atoms with E-state index < -0.39 is 6.10 Å². The molecule has 0 bridgehead atoms. The second-order valence-electron chi connectivity index (χ2n) is 16.8. The van der Waals surface area contributed by atoms with E-state index in [0.29, 0.717) is 19.3 Å². The maximum absolute atomic E-state index is 12.7. The molecule has 6 nitrogen and oxygen atoms in total. The number of rotatable bonds is 38. The van der Waals surface area contributed by atoms with Crippen LogP contribution >= 0.6 is 0 Å². The van der Waals surface area contributed by atoms with Gasteiger partial charge in [0.05, 0.1) is 0 Å². The summed E-state index contributed by atoms with van der Waals surface area (Å²) in [6.45, 7) is 13.6. The van der Waals surface area contributed by atoms with Gasteiger partial charge < -0.3 is 14.2 Å². The summed E-state index contributed by atoms with van der Waals surface area (Å²) in [5.41, 5.74) is 0. The van der Waals surface area contributed by atoms with Crippen molar-refractivity contribution in [2.45, 2.75) is 240 Å². The standard InChI is InChI=1S/C45H86O6/c1-39(2)31-25-19-13-8-7-9-17-24-30-36-45(48)51-42(38-50-44(47)35-29-23-18-12-15-21-27-33-41(5)6)37-49-43(46)34-28-22-16-11-10-14-20-26-32-40(3)4/h39-42H,7-38H2,1-6H3/t42-/m0/s1. The van der Waals surface area contributed by atoms with Crippen LogP contribution in [0.2, 0.25) is 0 Å². The zero-order valence-electron chi connectivity index (χ0n) is 34.9. The second-order valence-corrected chi connectivity index (χ2v) is 16.8. The first-order valence-electron chi connectivity index (χ1n) is 22.1. The first-order chi connectivity index (χ1) is 24.6. The van der Waals surface area contributed by atoms with E-state index in [0.717, 1.165) is 75.5 Å². The molecule has 0 aliphatic carbocycles. The van der Waals surface area contributed by atoms with E-state index in [2.05, 4.69) is 41.5 Å². The number of carbonyl (C=O) groups excluding carboxylic acids is 3. The third-order valence-corrected chi connectivity index (χ3v) is 9.90. The minimum Gasteiger partial charge on any atom is -0.462 e. The minimum absolute atomic E-state index is 0.0673. The molecule has 1 atom stereocenters. The van der Waals surface area contributed by atoms with Crippen molar-refractivity contribution in [2.75, 3.05) is 13.2 Å². The van der Waals surface area contributed by atoms with Crippen molar-refractivity contribution in [1.29, 1.82) is 0 Å². The zero-order chi connectivity index (χ0) is 37.8. The Kier molecular flexibility index (Phi) is 35.6. The van der Waals surface area contributed by atoms with Gasteiger partial charge >= 0.3 is 17.9 Å². The molecule has 51 heavy (non-hydrogen) atoms. The normalized spacial score (nSPS) is 12.2. The van der Waals surface area contributed by atoms with Gasteiger partial charge in [0.2, 0.25) is 0 Å². The molecule has 0 heterocycles. The molecule has 0 aliphatic heterocycles. The van der Waals surface area contributed by atoms with E-state index in [1.807, 2.05) is 0 Å². The predicted octanol–water partition coefficient (Wildman–Crippen LogP) is 13.7. The fourth-order valence-electron chi connectivity index (χ4n) is 6.52. The third-order valence-electron chi connectivity index (χ3n) is 9.90. The monoisotopic (exact) mass is 723 g/mol. The first-order valence-corrected chi connectivity index (χ1v) is 22.1. The average molecular weight is 723 g/mol. The maximum Gasteiger partial charge on any atom is 0.306 e. The average Bonchev–Trinajstić information content (AvgIpc) is 3.07. The van der Waals surface area contributed by atoms with Crippen molar-refractivity contribution in [3.8, 4) is 0 Å². The van der Waals surface area contributed by atoms with Crippen LogP contribution in [-0.2, 0) is 28.6 Å². The van der Waals surface area contributed by atoms with Gasteiger partial charge in [-0.25, -0.2) is 0 Å². The summed E-state index contributed by atoms with van der Waals surface area (Å²) in [5.74, 6) is 1.52. The Hall–Kier alpha value is -1.59. The molecule has 302 valence electrons. The van der Waals surface area contributed by atoms with Gasteiger partial charge in [-0.15, -0.1) is 0 Å². The quantitative estimate of drug-likeness (QED) is 0.0359. The number of carbonyl (C=O) groups is 3. The Morgan fingerprint density at radius 3 is 0.843 bits per heavy atom. The van der Waals surface area contributed by atoms with Crippen molar-refractivity contribution >= 4 is 17.9 Å². The maximum atomic E-state index is 12.7. The van der Waals surface area contributed by atoms with Crippen LogP contribution in [0.5, 0.6) is 0 Å². The molecule has 0 amide bonds. The highest BCUT2D eigenvalue weighted by atomic mass is 16.6. The van der Waals surface area contributed by atoms with Crippen LogP contribution in [0.15, 0.2) is 0 Å².